The maximum absolute atomic E-state index is 12.0. The Kier molecular flexibility index (Phi) is 6.74. The van der Waals surface area contributed by atoms with E-state index >= 15 is 0 Å². The Balaban J connectivity index is 2.55. The number of ether oxygens (including phenoxy) is 2. The number of amides is 1. The molecule has 1 amide bonds. The van der Waals surface area contributed by atoms with Crippen LogP contribution < -0.4 is 20.1 Å². The normalized spacial score (nSPS) is 10.1. The third-order valence-electron chi connectivity index (χ3n) is 2.63. The molecule has 0 radical (unpaired) electrons. The molecule has 0 aliphatic carbocycles. The van der Waals surface area contributed by atoms with Gasteiger partial charge in [0.15, 0.2) is 0 Å². The number of nitrogens with one attached hydrogen (secondary N) is 2. The summed E-state index contributed by atoms with van der Waals surface area (Å²) in [5.41, 5.74) is 0.534. The van der Waals surface area contributed by atoms with E-state index in [1.54, 1.807) is 32.4 Å². The van der Waals surface area contributed by atoms with Crippen LogP contribution in [0.1, 0.15) is 23.7 Å². The van der Waals surface area contributed by atoms with E-state index in [0.29, 0.717) is 23.6 Å². The van der Waals surface area contributed by atoms with Crippen molar-refractivity contribution < 1.29 is 14.3 Å². The molecule has 0 aliphatic heterocycles. The van der Waals surface area contributed by atoms with Crippen molar-refractivity contribution in [3.05, 3.63) is 23.8 Å². The highest BCUT2D eigenvalue weighted by atomic mass is 16.5. The van der Waals surface area contributed by atoms with Gasteiger partial charge in [-0.2, -0.15) is 0 Å². The summed E-state index contributed by atoms with van der Waals surface area (Å²) in [5, 5.41) is 6.07. The molecular formula is C14H22N2O3. The van der Waals surface area contributed by atoms with Crippen LogP contribution in [0.15, 0.2) is 18.2 Å². The Morgan fingerprint density at radius 1 is 1.05 bits per heavy atom. The second-order valence-corrected chi connectivity index (χ2v) is 4.11. The lowest BCUT2D eigenvalue weighted by molar-refractivity contribution is 0.0953. The third-order valence-corrected chi connectivity index (χ3v) is 2.63. The Morgan fingerprint density at radius 3 is 2.21 bits per heavy atom. The van der Waals surface area contributed by atoms with Crippen molar-refractivity contribution in [1.29, 1.82) is 0 Å². The van der Waals surface area contributed by atoms with Gasteiger partial charge >= 0.3 is 0 Å². The Labute approximate surface area is 114 Å². The van der Waals surface area contributed by atoms with Crippen molar-refractivity contribution in [3.63, 3.8) is 0 Å². The molecule has 1 aromatic carbocycles. The van der Waals surface area contributed by atoms with Crippen LogP contribution in [-0.2, 0) is 0 Å². The van der Waals surface area contributed by atoms with Crippen molar-refractivity contribution in [2.24, 2.45) is 0 Å². The fraction of sp³-hybridized carbons (Fsp3) is 0.500. The molecule has 5 nitrogen and oxygen atoms in total. The van der Waals surface area contributed by atoms with Crippen LogP contribution in [0.4, 0.5) is 0 Å². The van der Waals surface area contributed by atoms with Crippen molar-refractivity contribution >= 4 is 5.91 Å². The summed E-state index contributed by atoms with van der Waals surface area (Å²) < 4.78 is 10.3. The first-order chi connectivity index (χ1) is 9.21. The number of carbonyl (C=O) groups is 1. The predicted molar refractivity (Wildman–Crippen MR) is 75.0 cm³/mol. The number of hydrogen-bond acceptors (Lipinski definition) is 4. The van der Waals surface area contributed by atoms with Gasteiger partial charge in [-0.1, -0.05) is 6.92 Å². The van der Waals surface area contributed by atoms with E-state index < -0.39 is 0 Å². The summed E-state index contributed by atoms with van der Waals surface area (Å²) >= 11 is 0. The molecule has 19 heavy (non-hydrogen) atoms. The Hall–Kier alpha value is -1.75. The van der Waals surface area contributed by atoms with Crippen molar-refractivity contribution in [2.45, 2.75) is 13.3 Å². The molecule has 0 saturated carbocycles. The first-order valence-corrected chi connectivity index (χ1v) is 6.43. The molecule has 0 aromatic heterocycles. The second-order valence-electron chi connectivity index (χ2n) is 4.11. The van der Waals surface area contributed by atoms with Crippen LogP contribution in [0.25, 0.3) is 0 Å². The van der Waals surface area contributed by atoms with Crippen LogP contribution >= 0.6 is 0 Å². The molecule has 0 fully saturated rings. The smallest absolute Gasteiger partial charge is 0.251 e. The first kappa shape index (κ1) is 15.3. The SMILES string of the molecule is CCCNCCNC(=O)c1cc(OC)cc(OC)c1. The van der Waals surface area contributed by atoms with Crippen molar-refractivity contribution in [2.75, 3.05) is 33.9 Å². The molecule has 2 N–H and O–H groups in total. The molecule has 0 aliphatic rings. The zero-order chi connectivity index (χ0) is 14.1. The monoisotopic (exact) mass is 266 g/mol. The fourth-order valence-electron chi connectivity index (χ4n) is 1.61. The lowest BCUT2D eigenvalue weighted by Crippen LogP contribution is -2.32. The van der Waals surface area contributed by atoms with E-state index in [1.807, 2.05) is 0 Å². The Morgan fingerprint density at radius 2 is 1.68 bits per heavy atom. The molecular weight excluding hydrogens is 244 g/mol. The van der Waals surface area contributed by atoms with Crippen molar-refractivity contribution in [3.8, 4) is 11.5 Å². The summed E-state index contributed by atoms with van der Waals surface area (Å²) in [4.78, 5) is 12.0. The summed E-state index contributed by atoms with van der Waals surface area (Å²) in [6, 6.07) is 5.12. The summed E-state index contributed by atoms with van der Waals surface area (Å²) in [6.45, 7) is 4.43. The molecule has 0 unspecified atom stereocenters. The zero-order valence-electron chi connectivity index (χ0n) is 11.8. The van der Waals surface area contributed by atoms with Crippen LogP contribution in [0.2, 0.25) is 0 Å². The molecule has 0 atom stereocenters. The van der Waals surface area contributed by atoms with E-state index in [2.05, 4.69) is 17.6 Å². The predicted octanol–water partition coefficient (Wildman–Crippen LogP) is 1.43. The van der Waals surface area contributed by atoms with E-state index in [-0.39, 0.29) is 5.91 Å². The van der Waals surface area contributed by atoms with E-state index in [9.17, 15) is 4.79 Å². The summed E-state index contributed by atoms with van der Waals surface area (Å²) in [6.07, 6.45) is 1.08. The lowest BCUT2D eigenvalue weighted by Gasteiger charge is -2.09. The number of carbonyl (C=O) groups excluding carboxylic acids is 1. The molecule has 106 valence electrons. The fourth-order valence-corrected chi connectivity index (χ4v) is 1.61. The molecule has 1 rings (SSSR count). The van der Waals surface area contributed by atoms with Crippen LogP contribution in [0.5, 0.6) is 11.5 Å². The highest BCUT2D eigenvalue weighted by Gasteiger charge is 2.09. The number of benzene rings is 1. The third kappa shape index (κ3) is 5.18. The zero-order valence-corrected chi connectivity index (χ0v) is 11.8. The highest BCUT2D eigenvalue weighted by Crippen LogP contribution is 2.22. The van der Waals surface area contributed by atoms with Gasteiger partial charge in [0, 0.05) is 24.7 Å². The highest BCUT2D eigenvalue weighted by molar-refractivity contribution is 5.95. The molecule has 0 heterocycles. The molecule has 1 aromatic rings. The minimum absolute atomic E-state index is 0.129. The molecule has 0 spiro atoms. The summed E-state index contributed by atoms with van der Waals surface area (Å²) in [7, 11) is 3.12. The van der Waals surface area contributed by atoms with Gasteiger partial charge in [-0.05, 0) is 25.1 Å². The standard InChI is InChI=1S/C14H22N2O3/c1-4-5-15-6-7-16-14(17)11-8-12(18-2)10-13(9-11)19-3/h8-10,15H,4-7H2,1-3H3,(H,16,17). The minimum Gasteiger partial charge on any atom is -0.497 e. The number of methoxy groups -OCH3 is 2. The van der Waals surface area contributed by atoms with Crippen LogP contribution in [0.3, 0.4) is 0 Å². The average Bonchev–Trinajstić information content (AvgIpc) is 2.46. The van der Waals surface area contributed by atoms with Gasteiger partial charge in [-0.25, -0.2) is 0 Å². The van der Waals surface area contributed by atoms with Crippen LogP contribution in [-0.4, -0.2) is 39.8 Å². The topological polar surface area (TPSA) is 59.6 Å². The van der Waals surface area contributed by atoms with Crippen LogP contribution in [0, 0.1) is 0 Å². The number of hydrogen-bond donors (Lipinski definition) is 2. The summed E-state index contributed by atoms with van der Waals surface area (Å²) in [5.74, 6) is 1.08. The van der Waals surface area contributed by atoms with Gasteiger partial charge in [0.05, 0.1) is 14.2 Å². The molecule has 5 heteroatoms. The van der Waals surface area contributed by atoms with E-state index in [4.69, 9.17) is 9.47 Å². The van der Waals surface area contributed by atoms with Gasteiger partial charge in [-0.3, -0.25) is 4.79 Å². The Bertz CT molecular complexity index is 385. The van der Waals surface area contributed by atoms with Crippen molar-refractivity contribution in [1.82, 2.24) is 10.6 Å². The maximum atomic E-state index is 12.0. The van der Waals surface area contributed by atoms with Gasteiger partial charge in [0.1, 0.15) is 11.5 Å². The van der Waals surface area contributed by atoms with Gasteiger partial charge in [0.25, 0.3) is 5.91 Å². The number of rotatable bonds is 8. The minimum atomic E-state index is -0.129. The second kappa shape index (κ2) is 8.37. The maximum Gasteiger partial charge on any atom is 0.251 e. The molecule has 0 bridgehead atoms. The van der Waals surface area contributed by atoms with Gasteiger partial charge in [0.2, 0.25) is 0 Å². The first-order valence-electron chi connectivity index (χ1n) is 6.43. The van der Waals surface area contributed by atoms with Gasteiger partial charge in [-0.15, -0.1) is 0 Å². The largest absolute Gasteiger partial charge is 0.497 e. The van der Waals surface area contributed by atoms with E-state index in [1.165, 1.54) is 0 Å². The van der Waals surface area contributed by atoms with Gasteiger partial charge < -0.3 is 20.1 Å². The average molecular weight is 266 g/mol. The quantitative estimate of drug-likeness (QED) is 0.699. The lowest BCUT2D eigenvalue weighted by atomic mass is 10.2. The van der Waals surface area contributed by atoms with E-state index in [0.717, 1.165) is 19.5 Å². The molecule has 0 saturated heterocycles.